The van der Waals surface area contributed by atoms with E-state index in [1.165, 1.54) is 4.90 Å². The van der Waals surface area contributed by atoms with Crippen LogP contribution in [0.25, 0.3) is 34.3 Å². The number of carbonyl (C=O) groups excluding carboxylic acids is 2. The Hall–Kier alpha value is -4.30. The van der Waals surface area contributed by atoms with Gasteiger partial charge in [0.1, 0.15) is 5.57 Å². The summed E-state index contributed by atoms with van der Waals surface area (Å²) in [5.74, 6) is -1.04. The van der Waals surface area contributed by atoms with Crippen LogP contribution in [0.5, 0.6) is 0 Å². The summed E-state index contributed by atoms with van der Waals surface area (Å²) in [5, 5.41) is 3.38. The third kappa shape index (κ3) is 5.23. The van der Waals surface area contributed by atoms with Gasteiger partial charge in [-0.2, -0.15) is 0 Å². The van der Waals surface area contributed by atoms with Crippen molar-refractivity contribution in [2.45, 2.75) is 6.92 Å². The smallest absolute Gasteiger partial charge is 0.270 e. The summed E-state index contributed by atoms with van der Waals surface area (Å²) < 4.78 is 3.00. The van der Waals surface area contributed by atoms with Crippen molar-refractivity contribution in [3.8, 4) is 28.2 Å². The highest BCUT2D eigenvalue weighted by Crippen LogP contribution is 2.38. The molecule has 4 aromatic carbocycles. The fraction of sp³-hybridized carbons (Fsp3) is 0.0294. The second-order valence-electron chi connectivity index (χ2n) is 9.77. The molecule has 8 heteroatoms. The summed E-state index contributed by atoms with van der Waals surface area (Å²) in [5.41, 5.74) is 6.61. The molecule has 1 aromatic heterocycles. The molecule has 2 heterocycles. The van der Waals surface area contributed by atoms with Gasteiger partial charge in [-0.25, -0.2) is 0 Å². The first-order valence-electron chi connectivity index (χ1n) is 13.1. The molecule has 0 spiro atoms. The third-order valence-electron chi connectivity index (χ3n) is 7.03. The number of hydrogen-bond acceptors (Lipinski definition) is 3. The molecule has 0 aliphatic carbocycles. The van der Waals surface area contributed by atoms with Gasteiger partial charge in [0.2, 0.25) is 0 Å². The molecule has 1 N–H and O–H groups in total. The van der Waals surface area contributed by atoms with E-state index in [9.17, 15) is 9.59 Å². The fourth-order valence-corrected chi connectivity index (χ4v) is 5.99. The molecule has 0 atom stereocenters. The highest BCUT2D eigenvalue weighted by molar-refractivity contribution is 9.10. The summed E-state index contributed by atoms with van der Waals surface area (Å²) in [6.45, 7) is 1.89. The van der Waals surface area contributed by atoms with Crippen LogP contribution >= 0.6 is 39.7 Å². The Labute approximate surface area is 262 Å². The van der Waals surface area contributed by atoms with E-state index in [-0.39, 0.29) is 10.7 Å². The molecule has 1 fully saturated rings. The van der Waals surface area contributed by atoms with E-state index in [2.05, 4.69) is 25.8 Å². The Morgan fingerprint density at radius 1 is 0.833 bits per heavy atom. The summed E-state index contributed by atoms with van der Waals surface area (Å²) in [7, 11) is 0. The molecular formula is C34H23BrClN3O2S. The number of amides is 2. The number of aryl methyl sites for hydroxylation is 1. The number of aromatic nitrogens is 1. The van der Waals surface area contributed by atoms with Gasteiger partial charge in [0.25, 0.3) is 11.8 Å². The molecule has 206 valence electrons. The quantitative estimate of drug-likeness (QED) is 0.118. The molecule has 42 heavy (non-hydrogen) atoms. The van der Waals surface area contributed by atoms with Crippen LogP contribution in [0.4, 0.5) is 5.69 Å². The molecule has 6 rings (SSSR count). The predicted octanol–water partition coefficient (Wildman–Crippen LogP) is 8.37. The van der Waals surface area contributed by atoms with Gasteiger partial charge in [-0.15, -0.1) is 0 Å². The van der Waals surface area contributed by atoms with E-state index in [0.717, 1.165) is 38.2 Å². The van der Waals surface area contributed by atoms with E-state index >= 15 is 0 Å². The first-order chi connectivity index (χ1) is 20.3. The third-order valence-corrected chi connectivity index (χ3v) is 8.06. The van der Waals surface area contributed by atoms with Gasteiger partial charge >= 0.3 is 0 Å². The highest BCUT2D eigenvalue weighted by Gasteiger charge is 2.35. The molecule has 0 bridgehead atoms. The van der Waals surface area contributed by atoms with Crippen LogP contribution in [0, 0.1) is 6.92 Å². The number of halogens is 2. The molecule has 1 aliphatic rings. The largest absolute Gasteiger partial charge is 0.309 e. The van der Waals surface area contributed by atoms with Gasteiger partial charge in [-0.1, -0.05) is 88.2 Å². The van der Waals surface area contributed by atoms with Gasteiger partial charge in [0.05, 0.1) is 17.1 Å². The molecule has 0 radical (unpaired) electrons. The lowest BCUT2D eigenvalue weighted by Gasteiger charge is -2.30. The van der Waals surface area contributed by atoms with Gasteiger partial charge in [-0.05, 0) is 90.4 Å². The van der Waals surface area contributed by atoms with Gasteiger partial charge in [-0.3, -0.25) is 19.8 Å². The molecule has 1 aliphatic heterocycles. The minimum atomic E-state index is -0.546. The van der Waals surface area contributed by atoms with Crippen LogP contribution in [0.1, 0.15) is 11.1 Å². The van der Waals surface area contributed by atoms with Crippen molar-refractivity contribution in [3.63, 3.8) is 0 Å². The average Bonchev–Trinajstić information content (AvgIpc) is 3.37. The summed E-state index contributed by atoms with van der Waals surface area (Å²) in [6, 6.07) is 35.0. The predicted molar refractivity (Wildman–Crippen MR) is 177 cm³/mol. The second-order valence-corrected chi connectivity index (χ2v) is 11.5. The van der Waals surface area contributed by atoms with Crippen molar-refractivity contribution >= 4 is 68.4 Å². The maximum Gasteiger partial charge on any atom is 0.270 e. The SMILES string of the molecule is Cc1cc(Br)ccc1N1C(=O)/C(=C\c2cc(-c3ccccc3)n(-c3ccc(Cl)cc3)c2-c2ccccc2)C(=O)NC1=S. The summed E-state index contributed by atoms with van der Waals surface area (Å²) in [6.07, 6.45) is 1.65. The normalized spacial score (nSPS) is 14.4. The number of anilines is 1. The number of rotatable bonds is 5. The van der Waals surface area contributed by atoms with Gasteiger partial charge in [0.15, 0.2) is 5.11 Å². The van der Waals surface area contributed by atoms with Crippen LogP contribution in [0.15, 0.2) is 119 Å². The van der Waals surface area contributed by atoms with Crippen LogP contribution < -0.4 is 10.2 Å². The first kappa shape index (κ1) is 27.8. The number of nitrogens with one attached hydrogen (secondary N) is 1. The topological polar surface area (TPSA) is 54.3 Å². The van der Waals surface area contributed by atoms with Crippen LogP contribution in [0.2, 0.25) is 5.02 Å². The average molecular weight is 653 g/mol. The molecule has 0 unspecified atom stereocenters. The van der Waals surface area contributed by atoms with Crippen molar-refractivity contribution in [2.75, 3.05) is 4.90 Å². The summed E-state index contributed by atoms with van der Waals surface area (Å²) >= 11 is 15.2. The zero-order valence-corrected chi connectivity index (χ0v) is 25.5. The van der Waals surface area contributed by atoms with E-state index in [0.29, 0.717) is 16.3 Å². The fourth-order valence-electron chi connectivity index (χ4n) is 5.11. The van der Waals surface area contributed by atoms with Crippen LogP contribution in [0.3, 0.4) is 0 Å². The van der Waals surface area contributed by atoms with Crippen molar-refractivity contribution < 1.29 is 9.59 Å². The molecular weight excluding hydrogens is 630 g/mol. The zero-order chi connectivity index (χ0) is 29.4. The molecule has 2 amide bonds. The van der Waals surface area contributed by atoms with Crippen LogP contribution in [-0.4, -0.2) is 21.5 Å². The molecule has 1 saturated heterocycles. The van der Waals surface area contributed by atoms with Gasteiger partial charge < -0.3 is 4.57 Å². The molecule has 5 nitrogen and oxygen atoms in total. The Bertz CT molecular complexity index is 1880. The van der Waals surface area contributed by atoms with Crippen LogP contribution in [-0.2, 0) is 9.59 Å². The first-order valence-corrected chi connectivity index (χ1v) is 14.7. The minimum absolute atomic E-state index is 0.0176. The lowest BCUT2D eigenvalue weighted by atomic mass is 10.0. The number of hydrogen-bond donors (Lipinski definition) is 1. The van der Waals surface area contributed by atoms with Crippen molar-refractivity contribution in [1.29, 1.82) is 0 Å². The van der Waals surface area contributed by atoms with E-state index in [4.69, 9.17) is 23.8 Å². The van der Waals surface area contributed by atoms with Crippen molar-refractivity contribution in [2.24, 2.45) is 0 Å². The Kier molecular flexibility index (Phi) is 7.64. The van der Waals surface area contributed by atoms with Crippen molar-refractivity contribution in [3.05, 3.63) is 135 Å². The number of carbonyl (C=O) groups is 2. The lowest BCUT2D eigenvalue weighted by Crippen LogP contribution is -2.54. The second kappa shape index (κ2) is 11.5. The van der Waals surface area contributed by atoms with Crippen molar-refractivity contribution in [1.82, 2.24) is 9.88 Å². The van der Waals surface area contributed by atoms with E-state index in [1.54, 1.807) is 12.1 Å². The number of benzene rings is 4. The van der Waals surface area contributed by atoms with E-state index < -0.39 is 11.8 Å². The highest BCUT2D eigenvalue weighted by atomic mass is 79.9. The molecule has 5 aromatic rings. The van der Waals surface area contributed by atoms with Gasteiger partial charge in [0, 0.05) is 20.7 Å². The number of thiocarbonyl (C=S) groups is 1. The monoisotopic (exact) mass is 651 g/mol. The maximum absolute atomic E-state index is 14.0. The standard InChI is InChI=1S/C34H23BrClN3O2S/c1-21-18-25(35)12-17-29(21)39-33(41)28(32(40)37-34(39)42)19-24-20-30(22-8-4-2-5-9-22)38(27-15-13-26(36)14-16-27)31(24)23-10-6-3-7-11-23/h2-20H,1H3,(H,37,40,42)/b28-19-. The Balaban J connectivity index is 1.60. The maximum atomic E-state index is 14.0. The Morgan fingerprint density at radius 3 is 2.12 bits per heavy atom. The zero-order valence-electron chi connectivity index (χ0n) is 22.3. The minimum Gasteiger partial charge on any atom is -0.309 e. The molecule has 0 saturated carbocycles. The number of nitrogens with zero attached hydrogens (tertiary/aromatic N) is 2. The lowest BCUT2D eigenvalue weighted by molar-refractivity contribution is -0.122. The Morgan fingerprint density at radius 2 is 1.48 bits per heavy atom. The van der Waals surface area contributed by atoms with E-state index in [1.807, 2.05) is 110 Å². The summed E-state index contributed by atoms with van der Waals surface area (Å²) in [4.78, 5) is 28.7.